The number of nitrogens with two attached hydrogens (primary N) is 1. The second-order valence-corrected chi connectivity index (χ2v) is 4.24. The zero-order valence-electron chi connectivity index (χ0n) is 10.7. The predicted molar refractivity (Wildman–Crippen MR) is 69.0 cm³/mol. The first-order chi connectivity index (χ1) is 9.15. The SMILES string of the molecule is Cc1nc(CNC(=O)C(N)Cc2ccccc2)no1. The number of nitrogens with one attached hydrogen (secondary N) is 1. The van der Waals surface area contributed by atoms with Crippen molar-refractivity contribution in [1.29, 1.82) is 0 Å². The number of carbonyl (C=O) groups excluding carboxylic acids is 1. The highest BCUT2D eigenvalue weighted by molar-refractivity contribution is 5.81. The molecule has 2 rings (SSSR count). The largest absolute Gasteiger partial charge is 0.347 e. The van der Waals surface area contributed by atoms with Crippen LogP contribution in [0.5, 0.6) is 0 Å². The second-order valence-electron chi connectivity index (χ2n) is 4.24. The monoisotopic (exact) mass is 260 g/mol. The summed E-state index contributed by atoms with van der Waals surface area (Å²) < 4.78 is 4.81. The van der Waals surface area contributed by atoms with Crippen molar-refractivity contribution < 1.29 is 9.32 Å². The van der Waals surface area contributed by atoms with E-state index >= 15 is 0 Å². The van der Waals surface area contributed by atoms with Gasteiger partial charge in [-0.05, 0) is 12.0 Å². The van der Waals surface area contributed by atoms with Gasteiger partial charge in [-0.1, -0.05) is 35.5 Å². The topological polar surface area (TPSA) is 94.0 Å². The Morgan fingerprint density at radius 2 is 2.16 bits per heavy atom. The molecule has 100 valence electrons. The number of aromatic nitrogens is 2. The maximum absolute atomic E-state index is 11.8. The standard InChI is InChI=1S/C13H16N4O2/c1-9-16-12(17-19-9)8-15-13(18)11(14)7-10-5-3-2-4-6-10/h2-6,11H,7-8,14H2,1H3,(H,15,18). The normalized spacial score (nSPS) is 12.1. The Bertz CT molecular complexity index is 539. The van der Waals surface area contributed by atoms with Gasteiger partial charge in [0.05, 0.1) is 12.6 Å². The van der Waals surface area contributed by atoms with Crippen molar-refractivity contribution in [2.24, 2.45) is 5.73 Å². The summed E-state index contributed by atoms with van der Waals surface area (Å²) in [5.74, 6) is 0.682. The van der Waals surface area contributed by atoms with Crippen molar-refractivity contribution in [3.8, 4) is 0 Å². The van der Waals surface area contributed by atoms with Crippen molar-refractivity contribution in [3.05, 3.63) is 47.6 Å². The third-order valence-electron chi connectivity index (χ3n) is 2.63. The highest BCUT2D eigenvalue weighted by atomic mass is 16.5. The van der Waals surface area contributed by atoms with E-state index in [9.17, 15) is 4.79 Å². The lowest BCUT2D eigenvalue weighted by Crippen LogP contribution is -2.41. The van der Waals surface area contributed by atoms with Crippen molar-refractivity contribution in [2.75, 3.05) is 0 Å². The maximum Gasteiger partial charge on any atom is 0.237 e. The van der Waals surface area contributed by atoms with E-state index in [1.54, 1.807) is 6.92 Å². The Kier molecular flexibility index (Phi) is 4.25. The Morgan fingerprint density at radius 3 is 2.79 bits per heavy atom. The minimum Gasteiger partial charge on any atom is -0.347 e. The minimum absolute atomic E-state index is 0.221. The molecule has 1 amide bonds. The zero-order chi connectivity index (χ0) is 13.7. The van der Waals surface area contributed by atoms with Crippen LogP contribution in [-0.4, -0.2) is 22.1 Å². The first kappa shape index (κ1) is 13.2. The highest BCUT2D eigenvalue weighted by Crippen LogP contribution is 2.02. The van der Waals surface area contributed by atoms with Crippen LogP contribution in [0.25, 0.3) is 0 Å². The van der Waals surface area contributed by atoms with E-state index < -0.39 is 6.04 Å². The van der Waals surface area contributed by atoms with Gasteiger partial charge in [-0.2, -0.15) is 4.98 Å². The lowest BCUT2D eigenvalue weighted by molar-refractivity contribution is -0.122. The Balaban J connectivity index is 1.82. The van der Waals surface area contributed by atoms with Gasteiger partial charge in [0, 0.05) is 6.92 Å². The van der Waals surface area contributed by atoms with Crippen molar-refractivity contribution >= 4 is 5.91 Å². The molecule has 0 saturated heterocycles. The average Bonchev–Trinajstić information content (AvgIpc) is 2.83. The zero-order valence-corrected chi connectivity index (χ0v) is 10.7. The maximum atomic E-state index is 11.8. The Morgan fingerprint density at radius 1 is 1.42 bits per heavy atom. The van der Waals surface area contributed by atoms with Crippen LogP contribution < -0.4 is 11.1 Å². The molecule has 0 aliphatic carbocycles. The number of nitrogens with zero attached hydrogens (tertiary/aromatic N) is 2. The summed E-state index contributed by atoms with van der Waals surface area (Å²) in [4.78, 5) is 15.8. The summed E-state index contributed by atoms with van der Waals surface area (Å²) in [6.07, 6.45) is 0.498. The average molecular weight is 260 g/mol. The van der Waals surface area contributed by atoms with Gasteiger partial charge in [-0.15, -0.1) is 0 Å². The van der Waals surface area contributed by atoms with Crippen molar-refractivity contribution in [2.45, 2.75) is 25.9 Å². The second kappa shape index (κ2) is 6.10. The summed E-state index contributed by atoms with van der Waals surface area (Å²) in [7, 11) is 0. The molecule has 0 bridgehead atoms. The number of carbonyl (C=O) groups is 1. The van der Waals surface area contributed by atoms with Crippen LogP contribution in [0.1, 0.15) is 17.3 Å². The molecule has 0 spiro atoms. The van der Waals surface area contributed by atoms with Gasteiger partial charge >= 0.3 is 0 Å². The number of benzene rings is 1. The van der Waals surface area contributed by atoms with Crippen molar-refractivity contribution in [1.82, 2.24) is 15.5 Å². The molecule has 0 saturated carbocycles. The van der Waals surface area contributed by atoms with Crippen LogP contribution in [0, 0.1) is 6.92 Å². The van der Waals surface area contributed by atoms with Gasteiger partial charge < -0.3 is 15.6 Å². The van der Waals surface area contributed by atoms with E-state index in [0.717, 1.165) is 5.56 Å². The third kappa shape index (κ3) is 3.89. The van der Waals surface area contributed by atoms with Gasteiger partial charge in [-0.25, -0.2) is 0 Å². The van der Waals surface area contributed by atoms with Crippen LogP contribution >= 0.6 is 0 Å². The molecular formula is C13H16N4O2. The molecule has 3 N–H and O–H groups in total. The molecule has 0 fully saturated rings. The highest BCUT2D eigenvalue weighted by Gasteiger charge is 2.14. The molecule has 2 aromatic rings. The van der Waals surface area contributed by atoms with Gasteiger partial charge in [0.2, 0.25) is 11.8 Å². The van der Waals surface area contributed by atoms with Gasteiger partial charge in [-0.3, -0.25) is 4.79 Å². The molecule has 1 aromatic heterocycles. The summed E-state index contributed by atoms with van der Waals surface area (Å²) >= 11 is 0. The molecule has 1 atom stereocenters. The molecule has 6 heteroatoms. The molecular weight excluding hydrogens is 244 g/mol. The first-order valence-electron chi connectivity index (χ1n) is 6.01. The van der Waals surface area contributed by atoms with Gasteiger partial charge in [0.1, 0.15) is 0 Å². The van der Waals surface area contributed by atoms with E-state index in [1.165, 1.54) is 0 Å². The van der Waals surface area contributed by atoms with E-state index in [-0.39, 0.29) is 12.5 Å². The number of amides is 1. The first-order valence-corrected chi connectivity index (χ1v) is 6.01. The summed E-state index contributed by atoms with van der Waals surface area (Å²) in [5, 5.41) is 6.37. The summed E-state index contributed by atoms with van der Waals surface area (Å²) in [5.41, 5.74) is 6.87. The van der Waals surface area contributed by atoms with Gasteiger partial charge in [0.25, 0.3) is 0 Å². The lowest BCUT2D eigenvalue weighted by atomic mass is 10.1. The molecule has 19 heavy (non-hydrogen) atoms. The van der Waals surface area contributed by atoms with Crippen LogP contribution in [0.4, 0.5) is 0 Å². The van der Waals surface area contributed by atoms with Crippen LogP contribution in [-0.2, 0) is 17.8 Å². The van der Waals surface area contributed by atoms with Crippen LogP contribution in [0.2, 0.25) is 0 Å². The number of hydrogen-bond acceptors (Lipinski definition) is 5. The van der Waals surface area contributed by atoms with E-state index in [0.29, 0.717) is 18.1 Å². The fourth-order valence-corrected chi connectivity index (χ4v) is 1.67. The predicted octanol–water partition coefficient (Wildman–Crippen LogP) is 0.564. The summed E-state index contributed by atoms with van der Waals surface area (Å²) in [6, 6.07) is 9.05. The molecule has 0 aliphatic rings. The van der Waals surface area contributed by atoms with Crippen molar-refractivity contribution in [3.63, 3.8) is 0 Å². The molecule has 1 heterocycles. The summed E-state index contributed by atoms with van der Waals surface area (Å²) in [6.45, 7) is 1.91. The Hall–Kier alpha value is -2.21. The fraction of sp³-hybridized carbons (Fsp3) is 0.308. The molecule has 0 radical (unpaired) electrons. The quantitative estimate of drug-likeness (QED) is 0.819. The van der Waals surface area contributed by atoms with Crippen LogP contribution in [0.15, 0.2) is 34.9 Å². The Labute approximate surface area is 111 Å². The smallest absolute Gasteiger partial charge is 0.237 e. The number of rotatable bonds is 5. The number of aryl methyl sites for hydroxylation is 1. The molecule has 0 aliphatic heterocycles. The molecule has 1 unspecified atom stereocenters. The van der Waals surface area contributed by atoms with E-state index in [1.807, 2.05) is 30.3 Å². The lowest BCUT2D eigenvalue weighted by Gasteiger charge is -2.11. The van der Waals surface area contributed by atoms with Crippen LogP contribution in [0.3, 0.4) is 0 Å². The number of hydrogen-bond donors (Lipinski definition) is 2. The van der Waals surface area contributed by atoms with E-state index in [2.05, 4.69) is 15.5 Å². The van der Waals surface area contributed by atoms with E-state index in [4.69, 9.17) is 10.3 Å². The van der Waals surface area contributed by atoms with Gasteiger partial charge in [0.15, 0.2) is 5.82 Å². The molecule has 6 nitrogen and oxygen atoms in total. The molecule has 1 aromatic carbocycles. The third-order valence-corrected chi connectivity index (χ3v) is 2.63. The fourth-order valence-electron chi connectivity index (χ4n) is 1.67. The minimum atomic E-state index is -0.588.